The number of ether oxygens (including phenoxy) is 2. The number of methoxy groups -OCH3 is 1. The molecule has 184 valence electrons. The van der Waals surface area contributed by atoms with E-state index in [0.717, 1.165) is 36.8 Å². The number of hydrogen-bond acceptors (Lipinski definition) is 2. The Balaban J connectivity index is 1.37. The predicted octanol–water partition coefficient (Wildman–Crippen LogP) is 8.13. The van der Waals surface area contributed by atoms with E-state index in [1.807, 2.05) is 13.0 Å². The summed E-state index contributed by atoms with van der Waals surface area (Å²) in [6, 6.07) is 15.6. The number of hydrogen-bond donors (Lipinski definition) is 0. The number of halogens is 3. The Labute approximate surface area is 205 Å². The Bertz CT molecular complexity index is 1180. The normalized spacial score (nSPS) is 15.7. The molecule has 0 saturated carbocycles. The molecule has 2 nitrogen and oxygen atoms in total. The second kappa shape index (κ2) is 11.6. The summed E-state index contributed by atoms with van der Waals surface area (Å²) >= 11 is 0. The highest BCUT2D eigenvalue weighted by Gasteiger charge is 2.19. The van der Waals surface area contributed by atoms with E-state index >= 15 is 0 Å². The quantitative estimate of drug-likeness (QED) is 0.308. The number of allylic oxidation sites excluding steroid dienone is 2. The molecular formula is C30H31F3O2. The molecule has 0 spiro atoms. The molecule has 35 heavy (non-hydrogen) atoms. The highest BCUT2D eigenvalue weighted by Crippen LogP contribution is 2.34. The summed E-state index contributed by atoms with van der Waals surface area (Å²) in [5.41, 5.74) is 3.88. The van der Waals surface area contributed by atoms with Crippen molar-refractivity contribution in [1.82, 2.24) is 0 Å². The van der Waals surface area contributed by atoms with Crippen molar-refractivity contribution in [1.29, 1.82) is 0 Å². The number of benzene rings is 3. The second-order valence-electron chi connectivity index (χ2n) is 8.98. The van der Waals surface area contributed by atoms with Crippen molar-refractivity contribution in [2.24, 2.45) is 5.92 Å². The van der Waals surface area contributed by atoms with Gasteiger partial charge in [-0.3, -0.25) is 0 Å². The summed E-state index contributed by atoms with van der Waals surface area (Å²) in [7, 11) is 1.56. The van der Waals surface area contributed by atoms with Gasteiger partial charge < -0.3 is 9.47 Å². The van der Waals surface area contributed by atoms with Gasteiger partial charge in [0.15, 0.2) is 11.6 Å². The van der Waals surface area contributed by atoms with Gasteiger partial charge >= 0.3 is 0 Å². The van der Waals surface area contributed by atoms with E-state index in [4.69, 9.17) is 9.47 Å². The van der Waals surface area contributed by atoms with Crippen molar-refractivity contribution in [3.63, 3.8) is 0 Å². The van der Waals surface area contributed by atoms with Crippen LogP contribution in [0.2, 0.25) is 0 Å². The third kappa shape index (κ3) is 5.96. The summed E-state index contributed by atoms with van der Waals surface area (Å²) in [6.45, 7) is 2.72. The Kier molecular flexibility index (Phi) is 8.29. The van der Waals surface area contributed by atoms with E-state index in [1.165, 1.54) is 0 Å². The molecule has 0 N–H and O–H groups in total. The van der Waals surface area contributed by atoms with Crippen LogP contribution in [0.15, 0.2) is 60.7 Å². The zero-order valence-electron chi connectivity index (χ0n) is 20.3. The van der Waals surface area contributed by atoms with Gasteiger partial charge in [0.1, 0.15) is 11.6 Å². The first-order valence-corrected chi connectivity index (χ1v) is 12.2. The molecule has 0 aromatic heterocycles. The van der Waals surface area contributed by atoms with Gasteiger partial charge in [0, 0.05) is 17.7 Å². The van der Waals surface area contributed by atoms with E-state index in [1.54, 1.807) is 55.6 Å². The monoisotopic (exact) mass is 480 g/mol. The Hall–Kier alpha value is -3.05. The van der Waals surface area contributed by atoms with Crippen LogP contribution in [-0.2, 0) is 17.8 Å². The summed E-state index contributed by atoms with van der Waals surface area (Å²) in [4.78, 5) is 0. The largest absolute Gasteiger partial charge is 0.497 e. The maximum absolute atomic E-state index is 14.8. The highest BCUT2D eigenvalue weighted by atomic mass is 19.2. The molecule has 5 heteroatoms. The lowest BCUT2D eigenvalue weighted by molar-refractivity contribution is 0.131. The topological polar surface area (TPSA) is 18.5 Å². The minimum Gasteiger partial charge on any atom is -0.497 e. The van der Waals surface area contributed by atoms with Crippen molar-refractivity contribution in [2.45, 2.75) is 45.6 Å². The van der Waals surface area contributed by atoms with Crippen LogP contribution in [0.4, 0.5) is 13.2 Å². The molecule has 0 saturated heterocycles. The van der Waals surface area contributed by atoms with Crippen LogP contribution in [0.5, 0.6) is 5.75 Å². The minimum atomic E-state index is -0.812. The minimum absolute atomic E-state index is 0.241. The summed E-state index contributed by atoms with van der Waals surface area (Å²) < 4.78 is 54.4. The number of aryl methyl sites for hydroxylation is 1. The molecule has 1 aliphatic carbocycles. The molecule has 4 rings (SSSR count). The van der Waals surface area contributed by atoms with Crippen molar-refractivity contribution < 1.29 is 22.6 Å². The zero-order chi connectivity index (χ0) is 24.8. The van der Waals surface area contributed by atoms with E-state index in [-0.39, 0.29) is 18.0 Å². The molecule has 0 radical (unpaired) electrons. The van der Waals surface area contributed by atoms with Gasteiger partial charge in [0.2, 0.25) is 0 Å². The van der Waals surface area contributed by atoms with Crippen molar-refractivity contribution in [3.05, 3.63) is 94.8 Å². The third-order valence-electron chi connectivity index (χ3n) is 6.79. The van der Waals surface area contributed by atoms with Gasteiger partial charge in [-0.2, -0.15) is 0 Å². The lowest BCUT2D eigenvalue weighted by Gasteiger charge is -2.22. The van der Waals surface area contributed by atoms with Crippen LogP contribution >= 0.6 is 0 Å². The summed E-state index contributed by atoms with van der Waals surface area (Å²) in [5.74, 6) is -0.764. The van der Waals surface area contributed by atoms with Crippen LogP contribution in [-0.4, -0.2) is 13.7 Å². The highest BCUT2D eigenvalue weighted by molar-refractivity contribution is 5.67. The summed E-state index contributed by atoms with van der Waals surface area (Å²) in [5, 5.41) is 0. The van der Waals surface area contributed by atoms with Crippen LogP contribution in [0.3, 0.4) is 0 Å². The average molecular weight is 481 g/mol. The smallest absolute Gasteiger partial charge is 0.166 e. The fourth-order valence-electron chi connectivity index (χ4n) is 4.62. The van der Waals surface area contributed by atoms with Gasteiger partial charge in [-0.05, 0) is 85.4 Å². The summed E-state index contributed by atoms with van der Waals surface area (Å²) in [6.07, 6.45) is 6.08. The van der Waals surface area contributed by atoms with Gasteiger partial charge in [-0.1, -0.05) is 42.5 Å². The van der Waals surface area contributed by atoms with Crippen molar-refractivity contribution >= 4 is 5.57 Å². The van der Waals surface area contributed by atoms with Gasteiger partial charge in [-0.25, -0.2) is 13.2 Å². The Morgan fingerprint density at radius 1 is 0.886 bits per heavy atom. The first kappa shape index (κ1) is 25.1. The lowest BCUT2D eigenvalue weighted by Crippen LogP contribution is -2.08. The van der Waals surface area contributed by atoms with E-state index in [2.05, 4.69) is 6.08 Å². The van der Waals surface area contributed by atoms with E-state index < -0.39 is 11.6 Å². The van der Waals surface area contributed by atoms with Gasteiger partial charge in [-0.15, -0.1) is 0 Å². The Morgan fingerprint density at radius 2 is 1.63 bits per heavy atom. The fraction of sp³-hybridized carbons (Fsp3) is 0.333. The van der Waals surface area contributed by atoms with Crippen LogP contribution in [0.25, 0.3) is 16.7 Å². The molecule has 0 bridgehead atoms. The maximum atomic E-state index is 14.8. The van der Waals surface area contributed by atoms with Crippen molar-refractivity contribution in [2.75, 3.05) is 13.7 Å². The molecule has 0 aliphatic heterocycles. The van der Waals surface area contributed by atoms with Gasteiger partial charge in [0.05, 0.1) is 13.7 Å². The SMILES string of the molecule is CCOCc1ccc(C2=CCC(CCc3ccc(-c4ccc(OC)cc4)c(F)c3F)CC2)cc1F. The molecule has 1 unspecified atom stereocenters. The molecule has 1 atom stereocenters. The maximum Gasteiger partial charge on any atom is 0.166 e. The van der Waals surface area contributed by atoms with Gasteiger partial charge in [0.25, 0.3) is 0 Å². The Morgan fingerprint density at radius 3 is 2.29 bits per heavy atom. The first-order chi connectivity index (χ1) is 17.0. The van der Waals surface area contributed by atoms with Crippen LogP contribution < -0.4 is 4.74 Å². The molecule has 3 aromatic carbocycles. The lowest BCUT2D eigenvalue weighted by atomic mass is 9.83. The molecule has 0 heterocycles. The van der Waals surface area contributed by atoms with Crippen LogP contribution in [0, 0.1) is 23.4 Å². The number of rotatable bonds is 9. The third-order valence-corrected chi connectivity index (χ3v) is 6.79. The molecule has 3 aromatic rings. The molecule has 0 amide bonds. The molecular weight excluding hydrogens is 449 g/mol. The second-order valence-corrected chi connectivity index (χ2v) is 8.98. The standard InChI is InChI=1S/C30H31F3O2/c1-3-35-19-25-11-10-24(18-28(25)31)21-7-4-20(5-8-21)6-9-23-14-17-27(30(33)29(23)32)22-12-15-26(34-2)16-13-22/h7,10-18,20H,3-6,8-9,19H2,1-2H3. The van der Waals surface area contributed by atoms with Crippen molar-refractivity contribution in [3.8, 4) is 16.9 Å². The first-order valence-electron chi connectivity index (χ1n) is 12.2. The molecule has 0 fully saturated rings. The van der Waals surface area contributed by atoms with E-state index in [0.29, 0.717) is 41.4 Å². The van der Waals surface area contributed by atoms with E-state index in [9.17, 15) is 13.2 Å². The van der Waals surface area contributed by atoms with Crippen LogP contribution in [0.1, 0.15) is 49.3 Å². The zero-order valence-corrected chi connectivity index (χ0v) is 20.3. The predicted molar refractivity (Wildman–Crippen MR) is 134 cm³/mol. The molecule has 1 aliphatic rings. The fourth-order valence-corrected chi connectivity index (χ4v) is 4.62. The average Bonchev–Trinajstić information content (AvgIpc) is 2.89.